The van der Waals surface area contributed by atoms with Crippen LogP contribution in [0.5, 0.6) is 0 Å². The van der Waals surface area contributed by atoms with Gasteiger partial charge in [-0.3, -0.25) is 14.4 Å². The van der Waals surface area contributed by atoms with Crippen LogP contribution in [-0.4, -0.2) is 59.4 Å². The van der Waals surface area contributed by atoms with Gasteiger partial charge in [-0.15, -0.1) is 0 Å². The van der Waals surface area contributed by atoms with Gasteiger partial charge in [0.15, 0.2) is 0 Å². The zero-order valence-corrected chi connectivity index (χ0v) is 24.5. The van der Waals surface area contributed by atoms with Gasteiger partial charge in [0.05, 0.1) is 19.1 Å². The largest absolute Gasteiger partial charge is 0.461 e. The molecule has 220 valence electrons. The number of carbonyl (C=O) groups excluding carboxylic acids is 3. The summed E-state index contributed by atoms with van der Waals surface area (Å²) in [6, 6.07) is 18.9. The number of carbonyl (C=O) groups is 3. The summed E-state index contributed by atoms with van der Waals surface area (Å²) in [5, 5.41) is 1.09. The van der Waals surface area contributed by atoms with E-state index in [1.54, 1.807) is 46.2 Å². The molecule has 2 heterocycles. The Labute approximate surface area is 254 Å². The van der Waals surface area contributed by atoms with Gasteiger partial charge >= 0.3 is 0 Å². The first-order valence-corrected chi connectivity index (χ1v) is 14.7. The lowest BCUT2D eigenvalue weighted by Gasteiger charge is -2.49. The van der Waals surface area contributed by atoms with Crippen LogP contribution in [0.4, 0.5) is 4.39 Å². The van der Waals surface area contributed by atoms with Crippen LogP contribution < -0.4 is 0 Å². The maximum Gasteiger partial charge on any atom is 0.293 e. The summed E-state index contributed by atoms with van der Waals surface area (Å²) in [4.78, 5) is 42.5. The van der Waals surface area contributed by atoms with Gasteiger partial charge in [-0.2, -0.15) is 0 Å². The van der Waals surface area contributed by atoms with Gasteiger partial charge in [0.1, 0.15) is 30.2 Å². The average molecular weight is 614 g/mol. The van der Waals surface area contributed by atoms with Crippen molar-refractivity contribution in [1.29, 1.82) is 0 Å². The Kier molecular flexibility index (Phi) is 9.46. The van der Waals surface area contributed by atoms with Crippen molar-refractivity contribution in [3.05, 3.63) is 105 Å². The summed E-state index contributed by atoms with van der Waals surface area (Å²) < 4.78 is 25.3. The summed E-state index contributed by atoms with van der Waals surface area (Å²) in [5.41, 5.74) is 2.27. The van der Waals surface area contributed by atoms with Gasteiger partial charge in [-0.25, -0.2) is 4.39 Å². The fourth-order valence-electron chi connectivity index (χ4n) is 5.63. The number of rotatable bonds is 10. The normalized spacial score (nSPS) is 21.5. The lowest BCUT2D eigenvalue weighted by molar-refractivity contribution is -0.185. The number of amides is 2. The maximum absolute atomic E-state index is 14.4. The van der Waals surface area contributed by atoms with E-state index in [1.165, 1.54) is 12.1 Å². The molecule has 0 aromatic heterocycles. The fourth-order valence-corrected chi connectivity index (χ4v) is 5.89. The van der Waals surface area contributed by atoms with Crippen molar-refractivity contribution in [2.45, 2.75) is 56.6 Å². The SMILES string of the molecule is CCC[C@H](C(=O)N1CC(OC=O)C1)N1C(=O)[C@H](Cc2ccc(F)cc2)O[C@@H](c2ccc(Cl)cc2)[C@H]1c1ccc(Cl)cc1. The van der Waals surface area contributed by atoms with Crippen molar-refractivity contribution in [3.63, 3.8) is 0 Å². The van der Waals surface area contributed by atoms with E-state index in [2.05, 4.69) is 0 Å². The Hall–Kier alpha value is -3.46. The summed E-state index contributed by atoms with van der Waals surface area (Å²) in [5.74, 6) is -0.928. The molecular formula is C32H31Cl2FN2O5. The second kappa shape index (κ2) is 13.2. The number of ether oxygens (including phenoxy) is 2. The molecule has 5 rings (SSSR count). The van der Waals surface area contributed by atoms with E-state index in [1.807, 2.05) is 31.2 Å². The molecule has 2 aliphatic heterocycles. The fraction of sp³-hybridized carbons (Fsp3) is 0.344. The van der Waals surface area contributed by atoms with E-state index in [4.69, 9.17) is 32.7 Å². The Morgan fingerprint density at radius 3 is 2.17 bits per heavy atom. The summed E-state index contributed by atoms with van der Waals surface area (Å²) in [6.45, 7) is 2.88. The third-order valence-electron chi connectivity index (χ3n) is 7.76. The van der Waals surface area contributed by atoms with Gasteiger partial charge in [0.25, 0.3) is 12.4 Å². The van der Waals surface area contributed by atoms with Crippen LogP contribution in [0.2, 0.25) is 10.0 Å². The summed E-state index contributed by atoms with van der Waals surface area (Å²) >= 11 is 12.4. The van der Waals surface area contributed by atoms with Crippen molar-refractivity contribution < 1.29 is 28.2 Å². The molecule has 10 heteroatoms. The molecule has 0 unspecified atom stereocenters. The van der Waals surface area contributed by atoms with E-state index in [0.29, 0.717) is 29.4 Å². The van der Waals surface area contributed by atoms with Gasteiger partial charge < -0.3 is 19.3 Å². The lowest BCUT2D eigenvalue weighted by Crippen LogP contribution is -2.63. The van der Waals surface area contributed by atoms with Gasteiger partial charge in [-0.1, -0.05) is 72.9 Å². The van der Waals surface area contributed by atoms with Crippen LogP contribution in [0.1, 0.15) is 48.6 Å². The van der Waals surface area contributed by atoms with Crippen molar-refractivity contribution in [2.75, 3.05) is 13.1 Å². The molecular weight excluding hydrogens is 582 g/mol. The van der Waals surface area contributed by atoms with E-state index in [0.717, 1.165) is 16.7 Å². The molecule has 0 radical (unpaired) electrons. The summed E-state index contributed by atoms with van der Waals surface area (Å²) in [7, 11) is 0. The minimum atomic E-state index is -0.936. The molecule has 2 aliphatic rings. The zero-order chi connectivity index (χ0) is 29.8. The number of halogens is 3. The predicted molar refractivity (Wildman–Crippen MR) is 156 cm³/mol. The molecule has 4 atom stereocenters. The molecule has 0 saturated carbocycles. The molecule has 0 aliphatic carbocycles. The number of hydrogen-bond acceptors (Lipinski definition) is 5. The smallest absolute Gasteiger partial charge is 0.293 e. The van der Waals surface area contributed by atoms with Crippen LogP contribution in [0.3, 0.4) is 0 Å². The van der Waals surface area contributed by atoms with Crippen LogP contribution >= 0.6 is 23.2 Å². The molecule has 2 amide bonds. The molecule has 2 fully saturated rings. The van der Waals surface area contributed by atoms with E-state index >= 15 is 0 Å². The first kappa shape index (κ1) is 30.0. The minimum absolute atomic E-state index is 0.193. The molecule has 0 spiro atoms. The average Bonchev–Trinajstić information content (AvgIpc) is 2.96. The highest BCUT2D eigenvalue weighted by molar-refractivity contribution is 6.30. The van der Waals surface area contributed by atoms with Crippen molar-refractivity contribution in [2.24, 2.45) is 0 Å². The van der Waals surface area contributed by atoms with Crippen LogP contribution in [0, 0.1) is 5.82 Å². The number of hydrogen-bond donors (Lipinski definition) is 0. The van der Waals surface area contributed by atoms with E-state index in [9.17, 15) is 18.8 Å². The molecule has 3 aromatic carbocycles. The van der Waals surface area contributed by atoms with Crippen LogP contribution in [0.15, 0.2) is 72.8 Å². The molecule has 2 saturated heterocycles. The standard InChI is InChI=1S/C32H31Cl2FN2O5/c1-2-3-27(31(39)36-17-26(18-36)41-19-38)37-29(21-6-10-23(33)11-7-21)30(22-8-12-24(34)13-9-22)42-28(32(37)40)16-20-4-14-25(35)15-5-20/h4-15,19,26-30H,2-3,16-18H2,1H3/t27-,28+,29-,30+/m1/s1. The van der Waals surface area contributed by atoms with Gasteiger partial charge in [0, 0.05) is 16.5 Å². The third-order valence-corrected chi connectivity index (χ3v) is 8.27. The Morgan fingerprint density at radius 1 is 1.00 bits per heavy atom. The second-order valence-electron chi connectivity index (χ2n) is 10.6. The van der Waals surface area contributed by atoms with Crippen molar-refractivity contribution >= 4 is 41.5 Å². The Balaban J connectivity index is 1.59. The molecule has 7 nitrogen and oxygen atoms in total. The predicted octanol–water partition coefficient (Wildman–Crippen LogP) is 5.94. The minimum Gasteiger partial charge on any atom is -0.461 e. The highest BCUT2D eigenvalue weighted by Crippen LogP contribution is 2.45. The van der Waals surface area contributed by atoms with E-state index < -0.39 is 24.3 Å². The topological polar surface area (TPSA) is 76.2 Å². The number of morpholine rings is 1. The molecule has 0 N–H and O–H groups in total. The highest BCUT2D eigenvalue weighted by atomic mass is 35.5. The number of likely N-dealkylation sites (tertiary alicyclic amines) is 1. The molecule has 3 aromatic rings. The monoisotopic (exact) mass is 612 g/mol. The number of nitrogens with zero attached hydrogens (tertiary/aromatic N) is 2. The van der Waals surface area contributed by atoms with Crippen molar-refractivity contribution in [1.82, 2.24) is 9.80 Å². The second-order valence-corrected chi connectivity index (χ2v) is 11.4. The van der Waals surface area contributed by atoms with Gasteiger partial charge in [0.2, 0.25) is 5.91 Å². The first-order valence-electron chi connectivity index (χ1n) is 13.9. The maximum atomic E-state index is 14.4. The quantitative estimate of drug-likeness (QED) is 0.265. The Morgan fingerprint density at radius 2 is 1.60 bits per heavy atom. The number of benzene rings is 3. The van der Waals surface area contributed by atoms with Crippen LogP contribution in [0.25, 0.3) is 0 Å². The lowest BCUT2D eigenvalue weighted by atomic mass is 9.88. The summed E-state index contributed by atoms with van der Waals surface area (Å²) in [6.07, 6.45) is -0.699. The Bertz CT molecular complexity index is 1400. The molecule has 0 bridgehead atoms. The van der Waals surface area contributed by atoms with Gasteiger partial charge in [-0.05, 0) is 59.5 Å². The van der Waals surface area contributed by atoms with Crippen molar-refractivity contribution in [3.8, 4) is 0 Å². The highest BCUT2D eigenvalue weighted by Gasteiger charge is 2.50. The first-order chi connectivity index (χ1) is 20.3. The third kappa shape index (κ3) is 6.46. The molecule has 42 heavy (non-hydrogen) atoms. The van der Waals surface area contributed by atoms with Crippen LogP contribution in [-0.2, 0) is 30.3 Å². The van der Waals surface area contributed by atoms with E-state index in [-0.39, 0.29) is 43.2 Å². The zero-order valence-electron chi connectivity index (χ0n) is 23.0.